The topological polar surface area (TPSA) is 118 Å². The molecule has 0 saturated heterocycles. The van der Waals surface area contributed by atoms with Gasteiger partial charge in [0.1, 0.15) is 0 Å². The van der Waals surface area contributed by atoms with Crippen LogP contribution in [0.15, 0.2) is 64.9 Å². The summed E-state index contributed by atoms with van der Waals surface area (Å²) >= 11 is 0. The largest absolute Gasteiger partial charge is 2.00 e. The van der Waals surface area contributed by atoms with Crippen molar-refractivity contribution in [2.24, 2.45) is 10.2 Å². The van der Waals surface area contributed by atoms with Gasteiger partial charge in [-0.3, -0.25) is 4.98 Å². The Morgan fingerprint density at radius 2 is 1.57 bits per heavy atom. The SMILES string of the molecule is C/C(=N\N=C(/[O-])c1ccccc1)c1ccccn1.[O-2].[O-2].[V]. The fourth-order valence-electron chi connectivity index (χ4n) is 1.39. The van der Waals surface area contributed by atoms with Crippen LogP contribution in [0.4, 0.5) is 0 Å². The van der Waals surface area contributed by atoms with Gasteiger partial charge in [0.25, 0.3) is 0 Å². The number of benzene rings is 1. The fourth-order valence-corrected chi connectivity index (χ4v) is 1.39. The second-order valence-corrected chi connectivity index (χ2v) is 3.67. The van der Waals surface area contributed by atoms with Crippen molar-refractivity contribution in [1.29, 1.82) is 0 Å². The van der Waals surface area contributed by atoms with E-state index in [0.29, 0.717) is 17.0 Å². The van der Waals surface area contributed by atoms with Gasteiger partial charge in [0, 0.05) is 30.7 Å². The molecule has 7 heteroatoms. The zero-order valence-corrected chi connectivity index (χ0v) is 12.6. The van der Waals surface area contributed by atoms with Crippen LogP contribution < -0.4 is 5.11 Å². The summed E-state index contributed by atoms with van der Waals surface area (Å²) in [6.45, 7) is 1.77. The third-order valence-corrected chi connectivity index (χ3v) is 2.35. The molecule has 0 unspecified atom stereocenters. The fraction of sp³-hybridized carbons (Fsp3) is 0.0714. The minimum Gasteiger partial charge on any atom is -2.00 e. The minimum absolute atomic E-state index is 0. The maximum absolute atomic E-state index is 11.7. The Hall–Kier alpha value is -1.99. The van der Waals surface area contributed by atoms with Crippen molar-refractivity contribution in [3.8, 4) is 0 Å². The van der Waals surface area contributed by atoms with Crippen molar-refractivity contribution in [3.63, 3.8) is 0 Å². The van der Waals surface area contributed by atoms with Crippen molar-refractivity contribution < 1.29 is 34.6 Å². The molecule has 0 amide bonds. The molecule has 0 N–H and O–H groups in total. The molecule has 1 radical (unpaired) electrons. The zero-order valence-electron chi connectivity index (χ0n) is 11.2. The number of rotatable bonds is 3. The quantitative estimate of drug-likeness (QED) is 0.482. The maximum Gasteiger partial charge on any atom is 0.0860 e. The first-order valence-electron chi connectivity index (χ1n) is 5.53. The normalized spacial score (nSPS) is 10.7. The summed E-state index contributed by atoms with van der Waals surface area (Å²) in [5, 5.41) is 19.3. The monoisotopic (exact) mass is 321 g/mol. The third kappa shape index (κ3) is 6.33. The van der Waals surface area contributed by atoms with E-state index in [0.717, 1.165) is 0 Å². The number of hydrogen-bond acceptors (Lipinski definition) is 4. The third-order valence-electron chi connectivity index (χ3n) is 2.35. The maximum atomic E-state index is 11.7. The first-order chi connectivity index (χ1) is 8.77. The van der Waals surface area contributed by atoms with Gasteiger partial charge < -0.3 is 16.1 Å². The average molecular weight is 321 g/mol. The molecule has 111 valence electrons. The summed E-state index contributed by atoms with van der Waals surface area (Å²) in [4.78, 5) is 4.13. The number of pyridine rings is 1. The summed E-state index contributed by atoms with van der Waals surface area (Å²) in [6, 6.07) is 14.3. The van der Waals surface area contributed by atoms with E-state index in [-0.39, 0.29) is 35.4 Å². The van der Waals surface area contributed by atoms with Crippen molar-refractivity contribution in [2.45, 2.75) is 6.92 Å². The van der Waals surface area contributed by atoms with E-state index in [4.69, 9.17) is 0 Å². The Morgan fingerprint density at radius 1 is 0.952 bits per heavy atom. The van der Waals surface area contributed by atoms with Gasteiger partial charge in [-0.25, -0.2) is 0 Å². The van der Waals surface area contributed by atoms with Crippen molar-refractivity contribution in [3.05, 3.63) is 66.0 Å². The van der Waals surface area contributed by atoms with Crippen molar-refractivity contribution in [2.75, 3.05) is 0 Å². The summed E-state index contributed by atoms with van der Waals surface area (Å²) < 4.78 is 0. The van der Waals surface area contributed by atoms with E-state index in [1.165, 1.54) is 0 Å². The zero-order chi connectivity index (χ0) is 12.8. The molecular formula is C14H12N3O3V-5. The Balaban J connectivity index is 0. The molecule has 1 heterocycles. The van der Waals surface area contributed by atoms with E-state index < -0.39 is 0 Å². The molecule has 0 saturated carbocycles. The van der Waals surface area contributed by atoms with E-state index in [9.17, 15) is 5.11 Å². The minimum atomic E-state index is -0.356. The standard InChI is InChI=1S/C14H13N3O.2O.V/c1-11(13-9-5-6-10-15-13)16-17-14(18)12-7-3-2-4-8-12;;;/h2-10H,1H3,(H,17,18);;;/q;2*-2;/p-1/b16-11+;;;. The molecular weight excluding hydrogens is 309 g/mol. The van der Waals surface area contributed by atoms with Gasteiger partial charge in [-0.2, -0.15) is 10.2 Å². The van der Waals surface area contributed by atoms with Crippen LogP contribution in [0, 0.1) is 0 Å². The van der Waals surface area contributed by atoms with Crippen LogP contribution in [-0.4, -0.2) is 16.6 Å². The van der Waals surface area contributed by atoms with E-state index in [2.05, 4.69) is 15.2 Å². The van der Waals surface area contributed by atoms with Gasteiger partial charge in [0.2, 0.25) is 0 Å². The van der Waals surface area contributed by atoms with E-state index in [1.54, 1.807) is 37.4 Å². The molecule has 6 nitrogen and oxygen atoms in total. The number of aromatic nitrogens is 1. The van der Waals surface area contributed by atoms with Crippen LogP contribution in [0.25, 0.3) is 0 Å². The molecule has 2 aromatic rings. The molecule has 0 atom stereocenters. The van der Waals surface area contributed by atoms with Gasteiger partial charge >= 0.3 is 0 Å². The van der Waals surface area contributed by atoms with Gasteiger partial charge in [-0.1, -0.05) is 36.4 Å². The summed E-state index contributed by atoms with van der Waals surface area (Å²) in [5.41, 5.74) is 1.84. The van der Waals surface area contributed by atoms with Crippen molar-refractivity contribution in [1.82, 2.24) is 4.98 Å². The smallest absolute Gasteiger partial charge is 0.0860 e. The molecule has 1 aromatic carbocycles. The van der Waals surface area contributed by atoms with E-state index in [1.807, 2.05) is 24.3 Å². The molecule has 2 rings (SSSR count). The molecule has 0 aliphatic carbocycles. The summed E-state index contributed by atoms with van der Waals surface area (Å²) in [6.07, 6.45) is 1.67. The molecule has 0 aliphatic heterocycles. The molecule has 0 fully saturated rings. The Bertz CT molecular complexity index is 521. The summed E-state index contributed by atoms with van der Waals surface area (Å²) in [5.74, 6) is -0.356. The molecule has 0 aliphatic rings. The molecule has 1 aromatic heterocycles. The number of hydrogen-bond donors (Lipinski definition) is 0. The van der Waals surface area contributed by atoms with Crippen LogP contribution in [0.3, 0.4) is 0 Å². The van der Waals surface area contributed by atoms with Gasteiger partial charge in [-0.15, -0.1) is 0 Å². The Morgan fingerprint density at radius 3 is 2.14 bits per heavy atom. The second-order valence-electron chi connectivity index (χ2n) is 3.67. The molecule has 0 spiro atoms. The van der Waals surface area contributed by atoms with Gasteiger partial charge in [-0.05, 0) is 24.6 Å². The van der Waals surface area contributed by atoms with Crippen LogP contribution in [0.5, 0.6) is 0 Å². The Kier molecular flexibility index (Phi) is 10.9. The second kappa shape index (κ2) is 10.8. The van der Waals surface area contributed by atoms with Gasteiger partial charge in [0.15, 0.2) is 0 Å². The van der Waals surface area contributed by atoms with Gasteiger partial charge in [0.05, 0.1) is 11.4 Å². The van der Waals surface area contributed by atoms with Crippen molar-refractivity contribution >= 4 is 11.6 Å². The predicted molar refractivity (Wildman–Crippen MR) is 70.8 cm³/mol. The van der Waals surface area contributed by atoms with E-state index >= 15 is 0 Å². The predicted octanol–water partition coefficient (Wildman–Crippen LogP) is 1.37. The van der Waals surface area contributed by atoms with Crippen LogP contribution in [0.2, 0.25) is 0 Å². The summed E-state index contributed by atoms with van der Waals surface area (Å²) in [7, 11) is 0. The molecule has 0 bridgehead atoms. The van der Waals surface area contributed by atoms with Crippen LogP contribution in [-0.2, 0) is 29.5 Å². The first-order valence-corrected chi connectivity index (χ1v) is 5.53. The Labute approximate surface area is 134 Å². The van der Waals surface area contributed by atoms with Crippen LogP contribution >= 0.6 is 0 Å². The average Bonchev–Trinajstić information content (AvgIpc) is 2.46. The van der Waals surface area contributed by atoms with Crippen LogP contribution in [0.1, 0.15) is 18.2 Å². The molecule has 21 heavy (non-hydrogen) atoms. The first kappa shape index (κ1) is 21.3. The number of nitrogens with zero attached hydrogens (tertiary/aromatic N) is 3.